The number of hydrogen-bond acceptors (Lipinski definition) is 5. The second-order valence-electron chi connectivity index (χ2n) is 9.09. The molecule has 2 N–H and O–H groups in total. The predicted molar refractivity (Wildman–Crippen MR) is 129 cm³/mol. The van der Waals surface area contributed by atoms with Gasteiger partial charge >= 0.3 is 6.09 Å². The molecule has 1 aliphatic carbocycles. The Labute approximate surface area is 196 Å². The fourth-order valence-electron chi connectivity index (χ4n) is 4.78. The van der Waals surface area contributed by atoms with Crippen LogP contribution in [0.15, 0.2) is 54.6 Å². The van der Waals surface area contributed by atoms with E-state index in [1.165, 1.54) is 18.2 Å². The summed E-state index contributed by atoms with van der Waals surface area (Å²) >= 11 is 0. The number of nitrogens with one attached hydrogen (secondary N) is 2. The summed E-state index contributed by atoms with van der Waals surface area (Å²) in [5.74, 6) is -0.173. The van der Waals surface area contributed by atoms with Crippen molar-refractivity contribution in [3.8, 4) is 0 Å². The Hall–Kier alpha value is -2.90. The molecule has 1 saturated carbocycles. The van der Waals surface area contributed by atoms with Crippen LogP contribution in [-0.4, -0.2) is 60.6 Å². The molecule has 4 rings (SSSR count). The molecule has 0 bridgehead atoms. The number of carbonyl (C=O) groups is 2. The minimum absolute atomic E-state index is 0.173. The Bertz CT molecular complexity index is 918. The molecule has 2 fully saturated rings. The molecule has 0 radical (unpaired) electrons. The molecule has 1 aliphatic heterocycles. The molecule has 2 amide bonds. The van der Waals surface area contributed by atoms with Crippen molar-refractivity contribution in [3.63, 3.8) is 0 Å². The first-order valence-corrected chi connectivity index (χ1v) is 11.8. The van der Waals surface area contributed by atoms with Crippen LogP contribution in [0, 0.1) is 0 Å². The maximum atomic E-state index is 13.0. The quantitative estimate of drug-likeness (QED) is 0.674. The topological polar surface area (TPSA) is 73.9 Å². The zero-order chi connectivity index (χ0) is 23.1. The Morgan fingerprint density at radius 3 is 1.94 bits per heavy atom. The van der Waals surface area contributed by atoms with Crippen LogP contribution in [0.5, 0.6) is 0 Å². The average Bonchev–Trinajstić information content (AvgIpc) is 3.32. The van der Waals surface area contributed by atoms with Crippen molar-refractivity contribution >= 4 is 17.7 Å². The van der Waals surface area contributed by atoms with Crippen molar-refractivity contribution in [2.75, 3.05) is 38.6 Å². The van der Waals surface area contributed by atoms with Gasteiger partial charge in [-0.25, -0.2) is 4.79 Å². The number of alkyl carbamates (subject to hydrolysis) is 1. The van der Waals surface area contributed by atoms with E-state index in [0.717, 1.165) is 57.8 Å². The van der Waals surface area contributed by atoms with Gasteiger partial charge in [0.05, 0.1) is 7.11 Å². The van der Waals surface area contributed by atoms with Gasteiger partial charge in [-0.05, 0) is 36.1 Å². The molecule has 176 valence electrons. The molecule has 1 heterocycles. The van der Waals surface area contributed by atoms with Crippen molar-refractivity contribution in [1.29, 1.82) is 0 Å². The number of carbonyl (C=O) groups excluding carboxylic acids is 2. The van der Waals surface area contributed by atoms with Gasteiger partial charge in [-0.2, -0.15) is 0 Å². The Morgan fingerprint density at radius 2 is 1.39 bits per heavy atom. The van der Waals surface area contributed by atoms with Gasteiger partial charge < -0.3 is 15.4 Å². The second kappa shape index (κ2) is 10.8. The van der Waals surface area contributed by atoms with E-state index in [4.69, 9.17) is 4.74 Å². The summed E-state index contributed by atoms with van der Waals surface area (Å²) in [7, 11) is 1.32. The summed E-state index contributed by atoms with van der Waals surface area (Å²) < 4.78 is 4.72. The lowest BCUT2D eigenvalue weighted by atomic mass is 9.96. The Kier molecular flexibility index (Phi) is 7.62. The van der Waals surface area contributed by atoms with Crippen LogP contribution in [0.3, 0.4) is 0 Å². The van der Waals surface area contributed by atoms with Gasteiger partial charge in [0.2, 0.25) is 5.91 Å². The normalized spacial score (nSPS) is 18.6. The maximum absolute atomic E-state index is 13.0. The Morgan fingerprint density at radius 1 is 0.848 bits per heavy atom. The highest BCUT2D eigenvalue weighted by Crippen LogP contribution is 2.31. The molecule has 2 aliphatic rings. The first-order valence-electron chi connectivity index (χ1n) is 11.8. The molecule has 1 saturated heterocycles. The van der Waals surface area contributed by atoms with Gasteiger partial charge in [0.1, 0.15) is 5.54 Å². The van der Waals surface area contributed by atoms with Gasteiger partial charge in [0.15, 0.2) is 0 Å². The summed E-state index contributed by atoms with van der Waals surface area (Å²) in [4.78, 5) is 29.7. The lowest BCUT2D eigenvalue weighted by molar-refractivity contribution is -0.122. The number of benzene rings is 2. The van der Waals surface area contributed by atoms with Gasteiger partial charge in [-0.15, -0.1) is 0 Å². The SMILES string of the molecule is COC(=O)NC1(C(=O)Nc2ccc(CN3CCN(Cc4ccccc4)CC3)cc2)CCCC1. The van der Waals surface area contributed by atoms with Crippen LogP contribution in [0.4, 0.5) is 10.5 Å². The van der Waals surface area contributed by atoms with Crippen LogP contribution in [0.2, 0.25) is 0 Å². The molecule has 0 aromatic heterocycles. The van der Waals surface area contributed by atoms with Gasteiger partial charge in [0.25, 0.3) is 0 Å². The fraction of sp³-hybridized carbons (Fsp3) is 0.462. The van der Waals surface area contributed by atoms with Crippen molar-refractivity contribution in [2.45, 2.75) is 44.3 Å². The first-order chi connectivity index (χ1) is 16.1. The minimum atomic E-state index is -0.884. The van der Waals surface area contributed by atoms with Crippen LogP contribution < -0.4 is 10.6 Å². The highest BCUT2D eigenvalue weighted by molar-refractivity contribution is 6.00. The van der Waals surface area contributed by atoms with E-state index in [-0.39, 0.29) is 5.91 Å². The summed E-state index contributed by atoms with van der Waals surface area (Å²) in [5.41, 5.74) is 2.46. The zero-order valence-electron chi connectivity index (χ0n) is 19.4. The number of rotatable bonds is 7. The molecule has 2 aromatic carbocycles. The molecule has 7 heteroatoms. The molecule has 0 unspecified atom stereocenters. The van der Waals surface area contributed by atoms with E-state index < -0.39 is 11.6 Å². The molecule has 0 spiro atoms. The second-order valence-corrected chi connectivity index (χ2v) is 9.09. The number of methoxy groups -OCH3 is 1. The summed E-state index contributed by atoms with van der Waals surface area (Å²) in [5, 5.41) is 5.75. The van der Waals surface area contributed by atoms with E-state index in [0.29, 0.717) is 12.8 Å². The highest BCUT2D eigenvalue weighted by atomic mass is 16.5. The van der Waals surface area contributed by atoms with E-state index in [1.54, 1.807) is 0 Å². The molecule has 0 atom stereocenters. The number of anilines is 1. The lowest BCUT2D eigenvalue weighted by Gasteiger charge is -2.34. The first kappa shape index (κ1) is 23.3. The lowest BCUT2D eigenvalue weighted by Crippen LogP contribution is -2.55. The molecule has 7 nitrogen and oxygen atoms in total. The summed E-state index contributed by atoms with van der Waals surface area (Å²) in [6.45, 7) is 6.15. The third-order valence-electron chi connectivity index (χ3n) is 6.75. The third-order valence-corrected chi connectivity index (χ3v) is 6.75. The third kappa shape index (κ3) is 6.12. The number of nitrogens with zero attached hydrogens (tertiary/aromatic N) is 2. The van der Waals surface area contributed by atoms with Gasteiger partial charge in [-0.1, -0.05) is 55.3 Å². The van der Waals surface area contributed by atoms with Crippen LogP contribution in [0.1, 0.15) is 36.8 Å². The standard InChI is InChI=1S/C26H34N4O3/c1-33-25(32)28-26(13-5-6-14-26)24(31)27-23-11-9-22(10-12-23)20-30-17-15-29(16-18-30)19-21-7-3-2-4-8-21/h2-4,7-12H,5-6,13-20H2,1H3,(H,27,31)(H,28,32). The Balaban J connectivity index is 1.26. The number of piperazine rings is 1. The van der Waals surface area contributed by atoms with E-state index in [1.807, 2.05) is 12.1 Å². The van der Waals surface area contributed by atoms with Crippen LogP contribution in [-0.2, 0) is 22.6 Å². The molecular formula is C26H34N4O3. The van der Waals surface area contributed by atoms with Crippen LogP contribution in [0.25, 0.3) is 0 Å². The summed E-state index contributed by atoms with van der Waals surface area (Å²) in [6, 6.07) is 18.7. The fourth-order valence-corrected chi connectivity index (χ4v) is 4.78. The smallest absolute Gasteiger partial charge is 0.407 e. The van der Waals surface area contributed by atoms with Gasteiger partial charge in [0, 0.05) is 45.0 Å². The predicted octanol–water partition coefficient (Wildman–Crippen LogP) is 3.61. The van der Waals surface area contributed by atoms with Crippen molar-refractivity contribution in [2.24, 2.45) is 0 Å². The molecular weight excluding hydrogens is 416 g/mol. The van der Waals surface area contributed by atoms with E-state index in [9.17, 15) is 9.59 Å². The van der Waals surface area contributed by atoms with Gasteiger partial charge in [-0.3, -0.25) is 14.6 Å². The number of hydrogen-bond donors (Lipinski definition) is 2. The zero-order valence-corrected chi connectivity index (χ0v) is 19.4. The molecule has 33 heavy (non-hydrogen) atoms. The van der Waals surface area contributed by atoms with E-state index in [2.05, 4.69) is 62.9 Å². The van der Waals surface area contributed by atoms with Crippen molar-refractivity contribution in [3.05, 3.63) is 65.7 Å². The minimum Gasteiger partial charge on any atom is -0.453 e. The number of amides is 2. The van der Waals surface area contributed by atoms with Crippen LogP contribution >= 0.6 is 0 Å². The maximum Gasteiger partial charge on any atom is 0.407 e. The highest BCUT2D eigenvalue weighted by Gasteiger charge is 2.42. The molecule has 2 aromatic rings. The number of ether oxygens (including phenoxy) is 1. The van der Waals surface area contributed by atoms with Crippen molar-refractivity contribution < 1.29 is 14.3 Å². The monoisotopic (exact) mass is 450 g/mol. The van der Waals surface area contributed by atoms with E-state index >= 15 is 0 Å². The largest absolute Gasteiger partial charge is 0.453 e. The average molecular weight is 451 g/mol. The van der Waals surface area contributed by atoms with Crippen molar-refractivity contribution in [1.82, 2.24) is 15.1 Å². The summed E-state index contributed by atoms with van der Waals surface area (Å²) in [6.07, 6.45) is 2.51.